The van der Waals surface area contributed by atoms with Crippen LogP contribution in [0.25, 0.3) is 0 Å². The van der Waals surface area contributed by atoms with Crippen molar-refractivity contribution in [3.8, 4) is 0 Å². The van der Waals surface area contributed by atoms with Crippen LogP contribution in [0.2, 0.25) is 0 Å². The van der Waals surface area contributed by atoms with E-state index in [4.69, 9.17) is 5.11 Å². The maximum atomic E-state index is 10.6. The maximum absolute atomic E-state index is 10.6. The molecule has 2 aliphatic rings. The van der Waals surface area contributed by atoms with E-state index in [1.165, 1.54) is 4.90 Å². The van der Waals surface area contributed by atoms with Crippen LogP contribution >= 0.6 is 0 Å². The van der Waals surface area contributed by atoms with Gasteiger partial charge >= 0.3 is 12.2 Å². The molecule has 1 atom stereocenters. The van der Waals surface area contributed by atoms with Gasteiger partial charge in [0.05, 0.1) is 0 Å². The SMILES string of the molecule is O=C(O)C1ON=C2C=CC=CN21. The van der Waals surface area contributed by atoms with Crippen molar-refractivity contribution in [1.29, 1.82) is 0 Å². The summed E-state index contributed by atoms with van der Waals surface area (Å²) in [5.41, 5.74) is 0. The first kappa shape index (κ1) is 6.90. The lowest BCUT2D eigenvalue weighted by atomic mass is 10.3. The number of allylic oxidation sites excluding steroid dienone is 2. The van der Waals surface area contributed by atoms with Crippen LogP contribution in [0.5, 0.6) is 0 Å². The molecule has 0 bridgehead atoms. The van der Waals surface area contributed by atoms with Gasteiger partial charge < -0.3 is 9.94 Å². The summed E-state index contributed by atoms with van der Waals surface area (Å²) in [5, 5.41) is 12.2. The molecule has 0 aromatic heterocycles. The molecular weight excluding hydrogens is 160 g/mol. The highest BCUT2D eigenvalue weighted by atomic mass is 16.7. The molecule has 12 heavy (non-hydrogen) atoms. The van der Waals surface area contributed by atoms with Gasteiger partial charge in [-0.1, -0.05) is 11.2 Å². The van der Waals surface area contributed by atoms with Gasteiger partial charge in [0, 0.05) is 6.20 Å². The van der Waals surface area contributed by atoms with E-state index in [1.54, 1.807) is 24.4 Å². The molecule has 5 nitrogen and oxygen atoms in total. The van der Waals surface area contributed by atoms with Crippen molar-refractivity contribution in [2.45, 2.75) is 6.23 Å². The van der Waals surface area contributed by atoms with Crippen molar-refractivity contribution in [2.24, 2.45) is 5.16 Å². The minimum atomic E-state index is -1.05. The van der Waals surface area contributed by atoms with Crippen LogP contribution in [-0.2, 0) is 9.63 Å². The fourth-order valence-electron chi connectivity index (χ4n) is 1.04. The highest BCUT2D eigenvalue weighted by molar-refractivity contribution is 5.98. The average Bonchev–Trinajstić information content (AvgIpc) is 2.47. The zero-order valence-electron chi connectivity index (χ0n) is 6.04. The highest BCUT2D eigenvalue weighted by Gasteiger charge is 2.33. The second kappa shape index (κ2) is 2.37. The van der Waals surface area contributed by atoms with Gasteiger partial charge in [0.1, 0.15) is 0 Å². The first-order valence-corrected chi connectivity index (χ1v) is 3.39. The first-order valence-electron chi connectivity index (χ1n) is 3.39. The summed E-state index contributed by atoms with van der Waals surface area (Å²) >= 11 is 0. The number of hydrogen-bond acceptors (Lipinski definition) is 4. The Morgan fingerprint density at radius 1 is 1.67 bits per heavy atom. The van der Waals surface area contributed by atoms with Gasteiger partial charge in [-0.15, -0.1) is 0 Å². The van der Waals surface area contributed by atoms with E-state index in [1.807, 2.05) is 0 Å². The van der Waals surface area contributed by atoms with Gasteiger partial charge in [-0.3, -0.25) is 4.90 Å². The maximum Gasteiger partial charge on any atom is 0.369 e. The molecule has 2 rings (SSSR count). The smallest absolute Gasteiger partial charge is 0.369 e. The van der Waals surface area contributed by atoms with E-state index in [0.717, 1.165) is 0 Å². The molecule has 2 heterocycles. The third-order valence-electron chi connectivity index (χ3n) is 1.58. The van der Waals surface area contributed by atoms with Gasteiger partial charge in [0.2, 0.25) is 0 Å². The van der Waals surface area contributed by atoms with Crippen LogP contribution in [0.1, 0.15) is 0 Å². The number of carboxylic acid groups (broad SMARTS) is 1. The molecule has 0 saturated carbocycles. The van der Waals surface area contributed by atoms with Gasteiger partial charge in [-0.2, -0.15) is 0 Å². The summed E-state index contributed by atoms with van der Waals surface area (Å²) in [6, 6.07) is 0. The highest BCUT2D eigenvalue weighted by Crippen LogP contribution is 2.16. The first-order chi connectivity index (χ1) is 5.79. The molecule has 1 N–H and O–H groups in total. The monoisotopic (exact) mass is 166 g/mol. The van der Waals surface area contributed by atoms with E-state index in [0.29, 0.717) is 5.84 Å². The number of oxime groups is 1. The lowest BCUT2D eigenvalue weighted by Crippen LogP contribution is -2.37. The number of hydrogen-bond donors (Lipinski definition) is 1. The average molecular weight is 166 g/mol. The standard InChI is InChI=1S/C7H6N2O3/c10-7(11)6-9-4-2-1-3-5(9)8-12-6/h1-4,6H,(H,10,11). The number of nitrogens with zero attached hydrogens (tertiary/aromatic N) is 2. The largest absolute Gasteiger partial charge is 0.477 e. The Morgan fingerprint density at radius 2 is 2.50 bits per heavy atom. The summed E-state index contributed by atoms with van der Waals surface area (Å²) < 4.78 is 0. The van der Waals surface area contributed by atoms with Crippen molar-refractivity contribution in [2.75, 3.05) is 0 Å². The van der Waals surface area contributed by atoms with Gasteiger partial charge in [0.25, 0.3) is 0 Å². The summed E-state index contributed by atoms with van der Waals surface area (Å²) in [5.74, 6) is -0.529. The number of carboxylic acids is 1. The minimum absolute atomic E-state index is 0.518. The second-order valence-corrected chi connectivity index (χ2v) is 2.35. The van der Waals surface area contributed by atoms with Gasteiger partial charge in [-0.05, 0) is 12.2 Å². The predicted molar refractivity (Wildman–Crippen MR) is 40.1 cm³/mol. The zero-order valence-corrected chi connectivity index (χ0v) is 6.04. The van der Waals surface area contributed by atoms with Crippen LogP contribution in [0.15, 0.2) is 29.6 Å². The third kappa shape index (κ3) is 0.868. The predicted octanol–water partition coefficient (Wildman–Crippen LogP) is 0.126. The normalized spacial score (nSPS) is 24.8. The summed E-state index contributed by atoms with van der Waals surface area (Å²) in [6.45, 7) is 0. The van der Waals surface area contributed by atoms with Crippen LogP contribution in [-0.4, -0.2) is 28.0 Å². The Hall–Kier alpha value is -1.78. The molecule has 2 aliphatic heterocycles. The van der Waals surface area contributed by atoms with Gasteiger partial charge in [0.15, 0.2) is 5.84 Å². The van der Waals surface area contributed by atoms with Crippen LogP contribution in [0.3, 0.4) is 0 Å². The lowest BCUT2D eigenvalue weighted by molar-refractivity contribution is -0.154. The fraction of sp³-hybridized carbons (Fsp3) is 0.143. The molecule has 0 fully saturated rings. The van der Waals surface area contributed by atoms with Crippen molar-refractivity contribution in [1.82, 2.24) is 4.90 Å². The zero-order chi connectivity index (χ0) is 8.55. The number of rotatable bonds is 1. The summed E-state index contributed by atoms with van der Waals surface area (Å²) in [6.07, 6.45) is 5.78. The van der Waals surface area contributed by atoms with Crippen LogP contribution in [0.4, 0.5) is 0 Å². The quantitative estimate of drug-likeness (QED) is 0.601. The fourth-order valence-corrected chi connectivity index (χ4v) is 1.04. The van der Waals surface area contributed by atoms with E-state index in [9.17, 15) is 4.79 Å². The Bertz CT molecular complexity index is 306. The lowest BCUT2D eigenvalue weighted by Gasteiger charge is -2.17. The third-order valence-corrected chi connectivity index (χ3v) is 1.58. The van der Waals surface area contributed by atoms with E-state index < -0.39 is 12.2 Å². The van der Waals surface area contributed by atoms with E-state index in [-0.39, 0.29) is 0 Å². The summed E-state index contributed by atoms with van der Waals surface area (Å²) in [7, 11) is 0. The van der Waals surface area contributed by atoms with Crippen molar-refractivity contribution in [3.63, 3.8) is 0 Å². The van der Waals surface area contributed by atoms with Crippen LogP contribution < -0.4 is 0 Å². The Kier molecular flexibility index (Phi) is 1.36. The Balaban J connectivity index is 2.25. The topological polar surface area (TPSA) is 62.1 Å². The molecule has 0 aliphatic carbocycles. The molecule has 0 aromatic carbocycles. The number of amidine groups is 1. The molecule has 5 heteroatoms. The second-order valence-electron chi connectivity index (χ2n) is 2.35. The molecule has 62 valence electrons. The molecule has 0 saturated heterocycles. The van der Waals surface area contributed by atoms with E-state index >= 15 is 0 Å². The molecule has 0 amide bonds. The molecule has 0 aromatic rings. The van der Waals surface area contributed by atoms with Crippen molar-refractivity contribution in [3.05, 3.63) is 24.4 Å². The molecule has 1 unspecified atom stereocenters. The summed E-state index contributed by atoms with van der Waals surface area (Å²) in [4.78, 5) is 16.7. The number of aliphatic carboxylic acids is 1. The van der Waals surface area contributed by atoms with Crippen molar-refractivity contribution >= 4 is 11.8 Å². The Morgan fingerprint density at radius 3 is 3.25 bits per heavy atom. The number of fused-ring (bicyclic) bond motifs is 1. The van der Waals surface area contributed by atoms with Crippen LogP contribution in [0, 0.1) is 0 Å². The molecule has 0 radical (unpaired) electrons. The minimum Gasteiger partial charge on any atom is -0.477 e. The molecule has 0 spiro atoms. The Labute approximate surface area is 68.2 Å². The number of carbonyl (C=O) groups is 1. The van der Waals surface area contributed by atoms with Crippen molar-refractivity contribution < 1.29 is 14.7 Å². The van der Waals surface area contributed by atoms with Gasteiger partial charge in [-0.25, -0.2) is 4.79 Å². The molecular formula is C7H6N2O3. The van der Waals surface area contributed by atoms with E-state index in [2.05, 4.69) is 9.99 Å².